The first-order valence-corrected chi connectivity index (χ1v) is 10.8. The molecule has 4 rings (SSSR count). The second-order valence-corrected chi connectivity index (χ2v) is 7.82. The summed E-state index contributed by atoms with van der Waals surface area (Å²) >= 11 is 0. The number of benzene rings is 2. The quantitative estimate of drug-likeness (QED) is 0.638. The number of piperazine rings is 1. The predicted octanol–water partition coefficient (Wildman–Crippen LogP) is 2.94. The number of hydrogen-bond donors (Lipinski definition) is 0. The Bertz CT molecular complexity index is 923. The third-order valence-electron chi connectivity index (χ3n) is 5.87. The highest BCUT2D eigenvalue weighted by Gasteiger charge is 2.43. The van der Waals surface area contributed by atoms with Gasteiger partial charge in [-0.2, -0.15) is 0 Å². The van der Waals surface area contributed by atoms with Crippen LogP contribution in [0.1, 0.15) is 19.8 Å². The zero-order chi connectivity index (χ0) is 21.8. The fourth-order valence-corrected chi connectivity index (χ4v) is 4.25. The first kappa shape index (κ1) is 21.2. The molecule has 2 fully saturated rings. The molecule has 0 N–H and O–H groups in total. The Balaban J connectivity index is 1.40. The largest absolute Gasteiger partial charge is 0.495 e. The predicted molar refractivity (Wildman–Crippen MR) is 120 cm³/mol. The van der Waals surface area contributed by atoms with Gasteiger partial charge in [0.25, 0.3) is 5.91 Å². The van der Waals surface area contributed by atoms with Crippen molar-refractivity contribution in [1.29, 1.82) is 0 Å². The Morgan fingerprint density at radius 1 is 0.968 bits per heavy atom. The summed E-state index contributed by atoms with van der Waals surface area (Å²) in [5.41, 5.74) is 1.67. The van der Waals surface area contributed by atoms with Crippen LogP contribution in [0.3, 0.4) is 0 Å². The van der Waals surface area contributed by atoms with Gasteiger partial charge in [0.1, 0.15) is 11.5 Å². The molecule has 2 saturated heterocycles. The van der Waals surface area contributed by atoms with Crippen molar-refractivity contribution >= 4 is 23.2 Å². The van der Waals surface area contributed by atoms with Crippen LogP contribution in [0.25, 0.3) is 0 Å². The molecule has 0 radical (unpaired) electrons. The average Bonchev–Trinajstić information content (AvgIpc) is 3.12. The van der Waals surface area contributed by atoms with E-state index >= 15 is 0 Å². The number of anilines is 2. The minimum Gasteiger partial charge on any atom is -0.495 e. The first-order valence-electron chi connectivity index (χ1n) is 10.8. The topological polar surface area (TPSA) is 62.3 Å². The average molecular weight is 424 g/mol. The molecule has 0 spiro atoms. The van der Waals surface area contributed by atoms with E-state index in [9.17, 15) is 9.59 Å². The van der Waals surface area contributed by atoms with Gasteiger partial charge >= 0.3 is 0 Å². The monoisotopic (exact) mass is 423 g/mol. The minimum atomic E-state index is -0.400. The van der Waals surface area contributed by atoms with E-state index in [1.165, 1.54) is 4.90 Å². The van der Waals surface area contributed by atoms with Crippen molar-refractivity contribution < 1.29 is 19.1 Å². The van der Waals surface area contributed by atoms with Crippen LogP contribution in [-0.4, -0.2) is 62.7 Å². The minimum absolute atomic E-state index is 0.141. The number of carbonyl (C=O) groups excluding carboxylic acids is 2. The van der Waals surface area contributed by atoms with Gasteiger partial charge in [0.2, 0.25) is 5.91 Å². The highest BCUT2D eigenvalue weighted by Crippen LogP contribution is 2.31. The molecule has 0 saturated carbocycles. The summed E-state index contributed by atoms with van der Waals surface area (Å²) in [4.78, 5) is 31.5. The van der Waals surface area contributed by atoms with Gasteiger partial charge in [-0.05, 0) is 42.8 Å². The number of para-hydroxylation sites is 2. The number of ether oxygens (including phenoxy) is 2. The molecule has 0 bridgehead atoms. The van der Waals surface area contributed by atoms with Crippen molar-refractivity contribution in [3.05, 3.63) is 48.5 Å². The maximum Gasteiger partial charge on any atom is 0.251 e. The van der Waals surface area contributed by atoms with Crippen LogP contribution in [0.15, 0.2) is 48.5 Å². The van der Waals surface area contributed by atoms with E-state index in [-0.39, 0.29) is 18.2 Å². The van der Waals surface area contributed by atoms with Gasteiger partial charge in [-0.25, -0.2) is 4.90 Å². The Morgan fingerprint density at radius 2 is 1.68 bits per heavy atom. The van der Waals surface area contributed by atoms with Crippen molar-refractivity contribution in [2.24, 2.45) is 0 Å². The smallest absolute Gasteiger partial charge is 0.251 e. The number of carbonyl (C=O) groups is 2. The summed E-state index contributed by atoms with van der Waals surface area (Å²) in [6, 6.07) is 14.7. The van der Waals surface area contributed by atoms with Crippen LogP contribution >= 0.6 is 0 Å². The van der Waals surface area contributed by atoms with Gasteiger partial charge in [-0.3, -0.25) is 14.5 Å². The number of methoxy groups -OCH3 is 1. The third-order valence-corrected chi connectivity index (χ3v) is 5.87. The molecule has 31 heavy (non-hydrogen) atoms. The lowest BCUT2D eigenvalue weighted by Crippen LogP contribution is -2.52. The zero-order valence-corrected chi connectivity index (χ0v) is 18.1. The zero-order valence-electron chi connectivity index (χ0n) is 18.1. The molecular weight excluding hydrogens is 394 g/mol. The fraction of sp³-hybridized carbons (Fsp3) is 0.417. The summed E-state index contributed by atoms with van der Waals surface area (Å²) in [5.74, 6) is 1.30. The van der Waals surface area contributed by atoms with E-state index in [4.69, 9.17) is 9.47 Å². The number of amides is 2. The van der Waals surface area contributed by atoms with Crippen molar-refractivity contribution in [2.45, 2.75) is 25.8 Å². The lowest BCUT2D eigenvalue weighted by molar-refractivity contribution is -0.123. The van der Waals surface area contributed by atoms with Crippen molar-refractivity contribution in [3.8, 4) is 11.5 Å². The number of nitrogens with zero attached hydrogens (tertiary/aromatic N) is 3. The van der Waals surface area contributed by atoms with Crippen LogP contribution in [-0.2, 0) is 9.59 Å². The standard InChI is InChI=1S/C24H29N3O4/c1-3-16-31-19-10-8-18(9-11-19)27-23(28)17-21(24(27)29)26-14-12-25(13-15-26)20-6-4-5-7-22(20)30-2/h4-11,21H,3,12-17H2,1-2H3/t21-/m1/s1. The van der Waals surface area contributed by atoms with Crippen LogP contribution in [0, 0.1) is 0 Å². The van der Waals surface area contributed by atoms with Gasteiger partial charge in [0.15, 0.2) is 0 Å². The number of imide groups is 1. The second kappa shape index (κ2) is 9.39. The van der Waals surface area contributed by atoms with Gasteiger partial charge in [-0.1, -0.05) is 19.1 Å². The maximum absolute atomic E-state index is 13.1. The SMILES string of the molecule is CCCOc1ccc(N2C(=O)C[C@@H](N3CCN(c4ccccc4OC)CC3)C2=O)cc1. The van der Waals surface area contributed by atoms with E-state index in [0.29, 0.717) is 12.3 Å². The lowest BCUT2D eigenvalue weighted by Gasteiger charge is -2.38. The van der Waals surface area contributed by atoms with Gasteiger partial charge in [-0.15, -0.1) is 0 Å². The van der Waals surface area contributed by atoms with Crippen LogP contribution in [0.2, 0.25) is 0 Å². The Morgan fingerprint density at radius 3 is 2.35 bits per heavy atom. The second-order valence-electron chi connectivity index (χ2n) is 7.82. The summed E-state index contributed by atoms with van der Waals surface area (Å²) in [5, 5.41) is 0. The fourth-order valence-electron chi connectivity index (χ4n) is 4.25. The molecule has 2 aliphatic heterocycles. The first-order chi connectivity index (χ1) is 15.1. The highest BCUT2D eigenvalue weighted by molar-refractivity contribution is 6.22. The summed E-state index contributed by atoms with van der Waals surface area (Å²) < 4.78 is 11.1. The molecule has 1 atom stereocenters. The molecular formula is C24H29N3O4. The van der Waals surface area contributed by atoms with Gasteiger partial charge in [0, 0.05) is 26.2 Å². The van der Waals surface area contributed by atoms with E-state index in [1.807, 2.05) is 43.3 Å². The van der Waals surface area contributed by atoms with Crippen molar-refractivity contribution in [2.75, 3.05) is 49.7 Å². The number of rotatable bonds is 7. The van der Waals surface area contributed by atoms with E-state index in [2.05, 4.69) is 9.80 Å². The lowest BCUT2D eigenvalue weighted by atomic mass is 10.1. The molecule has 0 unspecified atom stereocenters. The molecule has 2 aliphatic rings. The molecule has 0 aliphatic carbocycles. The van der Waals surface area contributed by atoms with Crippen LogP contribution < -0.4 is 19.3 Å². The third kappa shape index (κ3) is 4.37. The van der Waals surface area contributed by atoms with Crippen LogP contribution in [0.5, 0.6) is 11.5 Å². The Hall–Kier alpha value is -3.06. The molecule has 2 aromatic rings. The van der Waals surface area contributed by atoms with Gasteiger partial charge < -0.3 is 14.4 Å². The van der Waals surface area contributed by atoms with E-state index in [1.54, 1.807) is 19.2 Å². The Labute approximate surface area is 183 Å². The Kier molecular flexibility index (Phi) is 6.42. The molecule has 0 aromatic heterocycles. The molecule has 2 heterocycles. The highest BCUT2D eigenvalue weighted by atomic mass is 16.5. The summed E-state index contributed by atoms with van der Waals surface area (Å²) in [6.07, 6.45) is 1.15. The molecule has 2 aromatic carbocycles. The molecule has 7 nitrogen and oxygen atoms in total. The van der Waals surface area contributed by atoms with Crippen LogP contribution in [0.4, 0.5) is 11.4 Å². The molecule has 164 valence electrons. The van der Waals surface area contributed by atoms with E-state index < -0.39 is 6.04 Å². The summed E-state index contributed by atoms with van der Waals surface area (Å²) in [6.45, 7) is 5.69. The maximum atomic E-state index is 13.1. The van der Waals surface area contributed by atoms with E-state index in [0.717, 1.165) is 49.8 Å². The molecule has 7 heteroatoms. The number of hydrogen-bond acceptors (Lipinski definition) is 6. The summed E-state index contributed by atoms with van der Waals surface area (Å²) in [7, 11) is 1.68. The normalized spacial score (nSPS) is 19.7. The molecule has 2 amide bonds. The van der Waals surface area contributed by atoms with Crippen molar-refractivity contribution in [3.63, 3.8) is 0 Å². The van der Waals surface area contributed by atoms with Gasteiger partial charge in [0.05, 0.1) is 37.6 Å². The van der Waals surface area contributed by atoms with Crippen molar-refractivity contribution in [1.82, 2.24) is 4.90 Å².